The van der Waals surface area contributed by atoms with E-state index in [2.05, 4.69) is 40.3 Å². The Kier molecular flexibility index (Phi) is 11.1. The second kappa shape index (κ2) is 12.5. The number of β-amino-alcohol motifs (C(OH)–C–C–N with tert-alkyl or cyclic N) is 1. The number of aliphatic hydroxyl groups excluding tert-OH is 1. The average Bonchev–Trinajstić information content (AvgIpc) is 2.99. The standard InChI is InChI=1S/C19H32N4O.HI/c1-2-3-4-7-11-21-19(20)22-13-16-8-5-6-9-17(16)14-23-12-10-18(24)15-23;/h5-6,8-9,18,24H,2-4,7,10-15H2,1H3,(H3,20,21,22);1H. The third kappa shape index (κ3) is 8.37. The van der Waals surface area contributed by atoms with Crippen LogP contribution in [0.15, 0.2) is 29.3 Å². The quantitative estimate of drug-likeness (QED) is 0.229. The van der Waals surface area contributed by atoms with Crippen LogP contribution in [0.3, 0.4) is 0 Å². The third-order valence-electron chi connectivity index (χ3n) is 4.52. The summed E-state index contributed by atoms with van der Waals surface area (Å²) >= 11 is 0. The molecular formula is C19H33IN4O. The fraction of sp³-hybridized carbons (Fsp3) is 0.632. The van der Waals surface area contributed by atoms with Crippen LogP contribution in [0.5, 0.6) is 0 Å². The van der Waals surface area contributed by atoms with Crippen molar-refractivity contribution in [2.45, 2.75) is 58.2 Å². The van der Waals surface area contributed by atoms with Crippen molar-refractivity contribution < 1.29 is 5.11 Å². The summed E-state index contributed by atoms with van der Waals surface area (Å²) in [5.41, 5.74) is 8.44. The topological polar surface area (TPSA) is 73.9 Å². The molecule has 5 nitrogen and oxygen atoms in total. The van der Waals surface area contributed by atoms with Crippen molar-refractivity contribution in [2.24, 2.45) is 10.7 Å². The van der Waals surface area contributed by atoms with Gasteiger partial charge in [0.05, 0.1) is 12.6 Å². The smallest absolute Gasteiger partial charge is 0.188 e. The maximum Gasteiger partial charge on any atom is 0.188 e. The number of nitrogens with zero attached hydrogens (tertiary/aromatic N) is 2. The van der Waals surface area contributed by atoms with Gasteiger partial charge in [-0.15, -0.1) is 24.0 Å². The van der Waals surface area contributed by atoms with Crippen LogP contribution < -0.4 is 11.1 Å². The summed E-state index contributed by atoms with van der Waals surface area (Å²) in [6.07, 6.45) is 5.59. The highest BCUT2D eigenvalue weighted by molar-refractivity contribution is 14.0. The van der Waals surface area contributed by atoms with Gasteiger partial charge in [0.15, 0.2) is 5.96 Å². The Labute approximate surface area is 169 Å². The Bertz CT molecular complexity index is 524. The van der Waals surface area contributed by atoms with Gasteiger partial charge < -0.3 is 16.2 Å². The molecule has 0 aliphatic carbocycles. The van der Waals surface area contributed by atoms with Gasteiger partial charge >= 0.3 is 0 Å². The van der Waals surface area contributed by atoms with Crippen molar-refractivity contribution >= 4 is 29.9 Å². The van der Waals surface area contributed by atoms with Gasteiger partial charge in [0.1, 0.15) is 0 Å². The lowest BCUT2D eigenvalue weighted by atomic mass is 10.1. The molecule has 0 bridgehead atoms. The number of hydrogen-bond donors (Lipinski definition) is 3. The number of nitrogens with two attached hydrogens (primary N) is 1. The molecule has 1 aromatic rings. The van der Waals surface area contributed by atoms with Gasteiger partial charge in [-0.2, -0.15) is 0 Å². The van der Waals surface area contributed by atoms with Gasteiger partial charge in [-0.25, -0.2) is 4.99 Å². The lowest BCUT2D eigenvalue weighted by Gasteiger charge is -2.17. The van der Waals surface area contributed by atoms with E-state index < -0.39 is 0 Å². The van der Waals surface area contributed by atoms with Crippen LogP contribution in [0.25, 0.3) is 0 Å². The van der Waals surface area contributed by atoms with Crippen molar-refractivity contribution in [2.75, 3.05) is 19.6 Å². The van der Waals surface area contributed by atoms with E-state index in [1.54, 1.807) is 0 Å². The Hall–Kier alpha value is -0.860. The van der Waals surface area contributed by atoms with E-state index in [1.807, 2.05) is 6.07 Å². The van der Waals surface area contributed by atoms with Crippen LogP contribution in [0.4, 0.5) is 0 Å². The van der Waals surface area contributed by atoms with E-state index in [9.17, 15) is 5.11 Å². The molecule has 1 aromatic carbocycles. The van der Waals surface area contributed by atoms with Crippen LogP contribution in [-0.4, -0.2) is 41.7 Å². The first kappa shape index (κ1) is 22.2. The Morgan fingerprint density at radius 3 is 2.72 bits per heavy atom. The number of guanidine groups is 1. The van der Waals surface area contributed by atoms with Gasteiger partial charge in [0.2, 0.25) is 0 Å². The van der Waals surface area contributed by atoms with Crippen LogP contribution in [0.2, 0.25) is 0 Å². The first-order valence-corrected chi connectivity index (χ1v) is 9.20. The second-order valence-electron chi connectivity index (χ2n) is 6.64. The monoisotopic (exact) mass is 460 g/mol. The molecule has 1 atom stereocenters. The maximum absolute atomic E-state index is 9.67. The number of rotatable bonds is 9. The minimum atomic E-state index is -0.178. The third-order valence-corrected chi connectivity index (χ3v) is 4.52. The number of aliphatic imine (C=N–C) groups is 1. The Balaban J connectivity index is 0.00000312. The lowest BCUT2D eigenvalue weighted by Crippen LogP contribution is -2.32. The highest BCUT2D eigenvalue weighted by Gasteiger charge is 2.20. The number of aliphatic hydroxyl groups is 1. The zero-order valence-electron chi connectivity index (χ0n) is 15.3. The first-order chi connectivity index (χ1) is 11.7. The van der Waals surface area contributed by atoms with E-state index in [-0.39, 0.29) is 30.1 Å². The zero-order valence-corrected chi connectivity index (χ0v) is 17.6. The molecule has 1 aliphatic rings. The van der Waals surface area contributed by atoms with E-state index in [4.69, 9.17) is 5.73 Å². The summed E-state index contributed by atoms with van der Waals surface area (Å²) in [7, 11) is 0. The number of benzene rings is 1. The second-order valence-corrected chi connectivity index (χ2v) is 6.64. The molecular weight excluding hydrogens is 427 g/mol. The highest BCUT2D eigenvalue weighted by atomic mass is 127. The molecule has 142 valence electrons. The highest BCUT2D eigenvalue weighted by Crippen LogP contribution is 2.17. The fourth-order valence-electron chi connectivity index (χ4n) is 3.06. The molecule has 4 N–H and O–H groups in total. The van der Waals surface area contributed by atoms with Crippen molar-refractivity contribution in [3.63, 3.8) is 0 Å². The molecule has 1 heterocycles. The summed E-state index contributed by atoms with van der Waals surface area (Å²) in [5.74, 6) is 0.526. The van der Waals surface area contributed by atoms with Gasteiger partial charge in [-0.1, -0.05) is 50.5 Å². The minimum Gasteiger partial charge on any atom is -0.392 e. The predicted octanol–water partition coefficient (Wildman–Crippen LogP) is 2.86. The van der Waals surface area contributed by atoms with Crippen molar-refractivity contribution in [3.05, 3.63) is 35.4 Å². The zero-order chi connectivity index (χ0) is 17.2. The van der Waals surface area contributed by atoms with Crippen LogP contribution in [-0.2, 0) is 13.1 Å². The van der Waals surface area contributed by atoms with E-state index in [0.717, 1.165) is 39.0 Å². The van der Waals surface area contributed by atoms with Gasteiger partial charge in [0, 0.05) is 26.2 Å². The Morgan fingerprint density at radius 2 is 2.04 bits per heavy atom. The van der Waals surface area contributed by atoms with E-state index in [0.29, 0.717) is 12.5 Å². The molecule has 0 aromatic heterocycles. The largest absolute Gasteiger partial charge is 0.392 e. The molecule has 0 radical (unpaired) electrons. The number of halogens is 1. The SMILES string of the molecule is CCCCCCNC(N)=NCc1ccccc1CN1CCC(O)C1.I. The Morgan fingerprint density at radius 1 is 1.28 bits per heavy atom. The molecule has 0 spiro atoms. The van der Waals surface area contributed by atoms with Gasteiger partial charge in [0.25, 0.3) is 0 Å². The average molecular weight is 460 g/mol. The molecule has 2 rings (SSSR count). The summed E-state index contributed by atoms with van der Waals surface area (Å²) in [6.45, 7) is 6.29. The molecule has 0 amide bonds. The van der Waals surface area contributed by atoms with E-state index in [1.165, 1.54) is 30.4 Å². The normalized spacial score (nSPS) is 18.2. The van der Waals surface area contributed by atoms with Crippen molar-refractivity contribution in [1.82, 2.24) is 10.2 Å². The molecule has 0 saturated carbocycles. The number of likely N-dealkylation sites (tertiary alicyclic amines) is 1. The molecule has 1 saturated heterocycles. The lowest BCUT2D eigenvalue weighted by molar-refractivity contribution is 0.174. The van der Waals surface area contributed by atoms with Crippen LogP contribution in [0, 0.1) is 0 Å². The summed E-state index contributed by atoms with van der Waals surface area (Å²) in [4.78, 5) is 6.77. The fourth-order valence-corrected chi connectivity index (χ4v) is 3.06. The summed E-state index contributed by atoms with van der Waals surface area (Å²) < 4.78 is 0. The van der Waals surface area contributed by atoms with Crippen LogP contribution >= 0.6 is 24.0 Å². The molecule has 1 fully saturated rings. The van der Waals surface area contributed by atoms with Crippen LogP contribution in [0.1, 0.15) is 50.2 Å². The molecule has 1 unspecified atom stereocenters. The molecule has 1 aliphatic heterocycles. The number of unbranched alkanes of at least 4 members (excludes halogenated alkanes) is 3. The van der Waals surface area contributed by atoms with Gasteiger partial charge in [-0.05, 0) is 24.0 Å². The minimum absolute atomic E-state index is 0. The molecule has 25 heavy (non-hydrogen) atoms. The van der Waals surface area contributed by atoms with Gasteiger partial charge in [-0.3, -0.25) is 4.90 Å². The summed E-state index contributed by atoms with van der Waals surface area (Å²) in [5, 5.41) is 12.9. The maximum atomic E-state index is 9.67. The number of hydrogen-bond acceptors (Lipinski definition) is 3. The number of nitrogens with one attached hydrogen (secondary N) is 1. The van der Waals surface area contributed by atoms with E-state index >= 15 is 0 Å². The van der Waals surface area contributed by atoms with Crippen molar-refractivity contribution in [1.29, 1.82) is 0 Å². The first-order valence-electron chi connectivity index (χ1n) is 9.20. The van der Waals surface area contributed by atoms with Crippen molar-refractivity contribution in [3.8, 4) is 0 Å². The predicted molar refractivity (Wildman–Crippen MR) is 115 cm³/mol. The molecule has 6 heteroatoms. The summed E-state index contributed by atoms with van der Waals surface area (Å²) in [6, 6.07) is 8.36.